The van der Waals surface area contributed by atoms with Crippen molar-refractivity contribution in [3.63, 3.8) is 0 Å². The van der Waals surface area contributed by atoms with Gasteiger partial charge in [-0.15, -0.1) is 5.10 Å². The highest BCUT2D eigenvalue weighted by molar-refractivity contribution is 5.68. The summed E-state index contributed by atoms with van der Waals surface area (Å²) in [6.45, 7) is 7.81. The van der Waals surface area contributed by atoms with Crippen molar-refractivity contribution in [1.82, 2.24) is 29.6 Å². The van der Waals surface area contributed by atoms with E-state index in [0.717, 1.165) is 43.5 Å². The lowest BCUT2D eigenvalue weighted by molar-refractivity contribution is 0.105. The lowest BCUT2D eigenvalue weighted by Crippen LogP contribution is -2.49. The van der Waals surface area contributed by atoms with Crippen molar-refractivity contribution >= 4 is 35.2 Å². The molecule has 190 valence electrons. The predicted octanol–water partition coefficient (Wildman–Crippen LogP) is 1.50. The van der Waals surface area contributed by atoms with E-state index in [1.807, 2.05) is 18.2 Å². The van der Waals surface area contributed by atoms with Gasteiger partial charge in [0.25, 0.3) is 0 Å². The third-order valence-electron chi connectivity index (χ3n) is 6.12. The van der Waals surface area contributed by atoms with E-state index in [0.29, 0.717) is 44.6 Å². The van der Waals surface area contributed by atoms with Crippen molar-refractivity contribution < 1.29 is 14.3 Å². The van der Waals surface area contributed by atoms with E-state index in [-0.39, 0.29) is 12.0 Å². The number of nitrogens with zero attached hydrogens (tertiary/aromatic N) is 8. The summed E-state index contributed by atoms with van der Waals surface area (Å²) in [5, 5.41) is 7.69. The van der Waals surface area contributed by atoms with Gasteiger partial charge in [0.15, 0.2) is 5.82 Å². The minimum Gasteiger partial charge on any atom is -0.450 e. The summed E-state index contributed by atoms with van der Waals surface area (Å²) < 4.78 is 12.0. The highest BCUT2D eigenvalue weighted by Gasteiger charge is 2.23. The Morgan fingerprint density at radius 1 is 1.03 bits per heavy atom. The number of nitrogens with one attached hydrogen (secondary N) is 1. The van der Waals surface area contributed by atoms with Crippen LogP contribution in [-0.4, -0.2) is 94.8 Å². The molecule has 1 aromatic carbocycles. The van der Waals surface area contributed by atoms with Crippen molar-refractivity contribution in [2.45, 2.75) is 6.92 Å². The van der Waals surface area contributed by atoms with Gasteiger partial charge < -0.3 is 35.2 Å². The third kappa shape index (κ3) is 5.25. The first kappa shape index (κ1) is 23.6. The van der Waals surface area contributed by atoms with Crippen LogP contribution in [0.1, 0.15) is 6.92 Å². The molecule has 4 heterocycles. The van der Waals surface area contributed by atoms with Gasteiger partial charge in [0.2, 0.25) is 11.9 Å². The summed E-state index contributed by atoms with van der Waals surface area (Å²) in [7, 11) is 0. The van der Waals surface area contributed by atoms with Crippen LogP contribution in [0.2, 0.25) is 0 Å². The minimum absolute atomic E-state index is 0.208. The largest absolute Gasteiger partial charge is 0.450 e. The predicted molar refractivity (Wildman–Crippen MR) is 135 cm³/mol. The number of morpholine rings is 1. The van der Waals surface area contributed by atoms with Crippen LogP contribution < -0.4 is 20.9 Å². The Bertz CT molecular complexity index is 1170. The zero-order valence-corrected chi connectivity index (χ0v) is 20.2. The normalized spacial score (nSPS) is 16.2. The smallest absolute Gasteiger partial charge is 0.409 e. The first-order valence-corrected chi connectivity index (χ1v) is 12.0. The maximum absolute atomic E-state index is 12.0. The van der Waals surface area contributed by atoms with Gasteiger partial charge in [-0.1, -0.05) is 0 Å². The van der Waals surface area contributed by atoms with Gasteiger partial charge in [0.1, 0.15) is 12.1 Å². The Labute approximate surface area is 208 Å². The molecule has 2 saturated heterocycles. The lowest BCUT2D eigenvalue weighted by atomic mass is 10.2. The molecule has 2 aliphatic heterocycles. The fourth-order valence-corrected chi connectivity index (χ4v) is 4.21. The van der Waals surface area contributed by atoms with E-state index in [9.17, 15) is 4.79 Å². The van der Waals surface area contributed by atoms with Gasteiger partial charge in [-0.05, 0) is 31.2 Å². The van der Waals surface area contributed by atoms with Gasteiger partial charge in [-0.2, -0.15) is 9.67 Å². The highest BCUT2D eigenvalue weighted by atomic mass is 16.6. The molecule has 2 aromatic heterocycles. The van der Waals surface area contributed by atoms with Gasteiger partial charge in [-0.25, -0.2) is 14.8 Å². The molecule has 0 unspecified atom stereocenters. The Morgan fingerprint density at radius 3 is 2.47 bits per heavy atom. The molecule has 0 spiro atoms. The Kier molecular flexibility index (Phi) is 6.98. The van der Waals surface area contributed by atoms with Crippen LogP contribution in [0.15, 0.2) is 36.7 Å². The van der Waals surface area contributed by atoms with Gasteiger partial charge in [0, 0.05) is 56.7 Å². The van der Waals surface area contributed by atoms with E-state index >= 15 is 0 Å². The zero-order chi connectivity index (χ0) is 24.9. The van der Waals surface area contributed by atoms with E-state index in [4.69, 9.17) is 15.2 Å². The molecular formula is C23H30N10O3. The van der Waals surface area contributed by atoms with E-state index in [2.05, 4.69) is 47.3 Å². The molecule has 5 rings (SSSR count). The number of carbonyl (C=O) groups is 1. The number of amides is 1. The molecule has 2 fully saturated rings. The third-order valence-corrected chi connectivity index (χ3v) is 6.12. The molecule has 3 N–H and O–H groups in total. The van der Waals surface area contributed by atoms with Crippen molar-refractivity contribution in [3.05, 3.63) is 36.7 Å². The number of benzene rings is 1. The van der Waals surface area contributed by atoms with Gasteiger partial charge >= 0.3 is 6.09 Å². The summed E-state index contributed by atoms with van der Waals surface area (Å²) in [4.78, 5) is 31.1. The number of aromatic nitrogens is 5. The number of nitrogens with two attached hydrogens (primary N) is 1. The average molecular weight is 495 g/mol. The summed E-state index contributed by atoms with van der Waals surface area (Å²) in [6, 6.07) is 9.91. The second kappa shape index (κ2) is 10.6. The maximum Gasteiger partial charge on any atom is 0.409 e. The number of piperazine rings is 1. The molecule has 3 aromatic rings. The quantitative estimate of drug-likeness (QED) is 0.515. The molecule has 0 aliphatic carbocycles. The first-order valence-electron chi connectivity index (χ1n) is 12.0. The average Bonchev–Trinajstić information content (AvgIpc) is 3.29. The fraction of sp³-hybridized carbons (Fsp3) is 0.435. The summed E-state index contributed by atoms with van der Waals surface area (Å²) in [5.41, 5.74) is 8.16. The Hall–Kier alpha value is -4.13. The van der Waals surface area contributed by atoms with E-state index in [1.54, 1.807) is 11.8 Å². The summed E-state index contributed by atoms with van der Waals surface area (Å²) in [5.74, 6) is 1.81. The molecule has 2 aliphatic rings. The summed E-state index contributed by atoms with van der Waals surface area (Å²) >= 11 is 0. The zero-order valence-electron chi connectivity index (χ0n) is 20.2. The SMILES string of the molecule is CCOC(=O)N1CCN(c2cc(-n3nc(Nc4ccc(N5CCOCC5)cc4)nc3N)ncn2)CC1. The number of rotatable bonds is 6. The van der Waals surface area contributed by atoms with E-state index < -0.39 is 0 Å². The Balaban J connectivity index is 1.24. The fourth-order valence-electron chi connectivity index (χ4n) is 4.21. The molecule has 0 radical (unpaired) electrons. The lowest BCUT2D eigenvalue weighted by Gasteiger charge is -2.34. The summed E-state index contributed by atoms with van der Waals surface area (Å²) in [6.07, 6.45) is 1.19. The standard InChI is InChI=1S/C23H30N10O3/c1-2-36-23(34)32-9-7-31(8-10-32)19-15-20(26-16-25-19)33-21(24)28-22(29-33)27-17-3-5-18(6-4-17)30-11-13-35-14-12-30/h3-6,15-16H,2,7-14H2,1H3,(H3,24,27,28,29). The molecule has 0 atom stereocenters. The van der Waals surface area contributed by atoms with Crippen LogP contribution in [-0.2, 0) is 9.47 Å². The topological polar surface area (TPSA) is 140 Å². The van der Waals surface area contributed by atoms with Gasteiger partial charge in [-0.3, -0.25) is 0 Å². The molecule has 0 bridgehead atoms. The van der Waals surface area contributed by atoms with Crippen LogP contribution in [0, 0.1) is 0 Å². The van der Waals surface area contributed by atoms with Crippen molar-refractivity contribution in [3.8, 4) is 5.82 Å². The van der Waals surface area contributed by atoms with Crippen LogP contribution in [0.5, 0.6) is 0 Å². The second-order valence-electron chi connectivity index (χ2n) is 8.38. The van der Waals surface area contributed by atoms with Crippen LogP contribution >= 0.6 is 0 Å². The monoisotopic (exact) mass is 494 g/mol. The van der Waals surface area contributed by atoms with Gasteiger partial charge in [0.05, 0.1) is 19.8 Å². The second-order valence-corrected chi connectivity index (χ2v) is 8.38. The number of carbonyl (C=O) groups excluding carboxylic acids is 1. The van der Waals surface area contributed by atoms with Crippen LogP contribution in [0.3, 0.4) is 0 Å². The Morgan fingerprint density at radius 2 is 1.75 bits per heavy atom. The van der Waals surface area contributed by atoms with Crippen molar-refractivity contribution in [2.75, 3.05) is 79.9 Å². The van der Waals surface area contributed by atoms with Crippen molar-refractivity contribution in [2.24, 2.45) is 0 Å². The first-order chi connectivity index (χ1) is 17.6. The maximum atomic E-state index is 12.0. The molecule has 1 amide bonds. The molecular weight excluding hydrogens is 464 g/mol. The highest BCUT2D eigenvalue weighted by Crippen LogP contribution is 2.23. The van der Waals surface area contributed by atoms with E-state index in [1.165, 1.54) is 11.0 Å². The number of nitrogen functional groups attached to an aromatic ring is 1. The van der Waals surface area contributed by atoms with Crippen LogP contribution in [0.25, 0.3) is 5.82 Å². The molecule has 13 heteroatoms. The number of anilines is 5. The van der Waals surface area contributed by atoms with Crippen molar-refractivity contribution in [1.29, 1.82) is 0 Å². The minimum atomic E-state index is -0.285. The number of hydrogen-bond acceptors (Lipinski definition) is 11. The number of ether oxygens (including phenoxy) is 2. The molecule has 13 nitrogen and oxygen atoms in total. The van der Waals surface area contributed by atoms with Crippen LogP contribution in [0.4, 0.5) is 33.9 Å². The molecule has 0 saturated carbocycles. The number of hydrogen-bond donors (Lipinski definition) is 2. The molecule has 36 heavy (non-hydrogen) atoms.